The van der Waals surface area contributed by atoms with Crippen LogP contribution in [-0.4, -0.2) is 19.9 Å². The Morgan fingerprint density at radius 2 is 1.94 bits per heavy atom. The quantitative estimate of drug-likeness (QED) is 0.265. The van der Waals surface area contributed by atoms with Crippen LogP contribution in [0.25, 0.3) is 11.3 Å². The third kappa shape index (κ3) is 5.08. The number of rotatable bonds is 8. The largest absolute Gasteiger partial charge is 0.485 e. The Bertz CT molecular complexity index is 1200. The van der Waals surface area contributed by atoms with Crippen molar-refractivity contribution in [3.63, 3.8) is 0 Å². The first-order chi connectivity index (χ1) is 15.4. The van der Waals surface area contributed by atoms with Crippen molar-refractivity contribution in [2.45, 2.75) is 44.2 Å². The van der Waals surface area contributed by atoms with Crippen molar-refractivity contribution in [2.24, 2.45) is 0 Å². The second-order valence-corrected chi connectivity index (χ2v) is 9.05. The summed E-state index contributed by atoms with van der Waals surface area (Å²) in [5, 5.41) is 9.59. The molecule has 2 aromatic heterocycles. The van der Waals surface area contributed by atoms with E-state index < -0.39 is 0 Å². The van der Waals surface area contributed by atoms with Crippen LogP contribution in [0, 0.1) is 6.92 Å². The molecule has 0 radical (unpaired) electrons. The van der Waals surface area contributed by atoms with Gasteiger partial charge in [-0.1, -0.05) is 49.3 Å². The van der Waals surface area contributed by atoms with E-state index in [4.69, 9.17) is 26.6 Å². The molecule has 7 nitrogen and oxygen atoms in total. The second-order valence-electron chi connectivity index (χ2n) is 7.67. The van der Waals surface area contributed by atoms with E-state index in [0.717, 1.165) is 22.4 Å². The highest BCUT2D eigenvalue weighted by Gasteiger charge is 2.15. The van der Waals surface area contributed by atoms with E-state index in [1.54, 1.807) is 6.20 Å². The number of ether oxygens (including phenoxy) is 1. The number of nitrogens with zero attached hydrogens (tertiary/aromatic N) is 4. The lowest BCUT2D eigenvalue weighted by atomic mass is 10.0. The first kappa shape index (κ1) is 22.2. The predicted molar refractivity (Wildman–Crippen MR) is 126 cm³/mol. The maximum Gasteiger partial charge on any atom is 0.210 e. The van der Waals surface area contributed by atoms with Gasteiger partial charge in [0.25, 0.3) is 0 Å². The maximum atomic E-state index is 6.20. The molecular formula is C23H24ClN5O2S. The van der Waals surface area contributed by atoms with Gasteiger partial charge in [0, 0.05) is 10.6 Å². The summed E-state index contributed by atoms with van der Waals surface area (Å²) in [7, 11) is 0. The molecular weight excluding hydrogens is 446 g/mol. The minimum Gasteiger partial charge on any atom is -0.485 e. The van der Waals surface area contributed by atoms with Gasteiger partial charge in [-0.3, -0.25) is 0 Å². The molecule has 0 aliphatic carbocycles. The van der Waals surface area contributed by atoms with E-state index in [9.17, 15) is 0 Å². The number of hydrogen-bond acceptors (Lipinski definition) is 7. The average Bonchev–Trinajstić information content (AvgIpc) is 3.38. The van der Waals surface area contributed by atoms with E-state index in [1.807, 2.05) is 37.3 Å². The number of aromatic nitrogens is 4. The standard InChI is InChI=1S/C23H24ClN5O2S/c1-14(2)18-9-4-15(3)10-19(18)30-12-21-27-28-23(29(21)25)32-13-22-26-11-20(31-22)16-5-7-17(24)8-6-16/h4-11,14H,12-13,25H2,1-3H3. The summed E-state index contributed by atoms with van der Waals surface area (Å²) in [5.41, 5.74) is 3.20. The Balaban J connectivity index is 1.39. The fourth-order valence-corrected chi connectivity index (χ4v) is 4.00. The minimum atomic E-state index is 0.229. The van der Waals surface area contributed by atoms with E-state index in [0.29, 0.717) is 39.3 Å². The van der Waals surface area contributed by atoms with Gasteiger partial charge in [0.2, 0.25) is 11.0 Å². The zero-order valence-electron chi connectivity index (χ0n) is 18.1. The number of nitrogens with two attached hydrogens (primary N) is 1. The van der Waals surface area contributed by atoms with Crippen molar-refractivity contribution in [3.05, 3.63) is 76.5 Å². The van der Waals surface area contributed by atoms with Gasteiger partial charge in [-0.2, -0.15) is 0 Å². The van der Waals surface area contributed by atoms with Crippen LogP contribution in [0.5, 0.6) is 5.75 Å². The van der Waals surface area contributed by atoms with Crippen LogP contribution >= 0.6 is 23.4 Å². The SMILES string of the molecule is Cc1ccc(C(C)C)c(OCc2nnc(SCc3ncc(-c4ccc(Cl)cc4)o3)n2N)c1. The number of thioether (sulfide) groups is 1. The monoisotopic (exact) mass is 469 g/mol. The summed E-state index contributed by atoms with van der Waals surface area (Å²) < 4.78 is 13.3. The lowest BCUT2D eigenvalue weighted by Crippen LogP contribution is -2.16. The fourth-order valence-electron chi connectivity index (χ4n) is 3.14. The lowest BCUT2D eigenvalue weighted by Gasteiger charge is -2.14. The van der Waals surface area contributed by atoms with Crippen LogP contribution in [0.2, 0.25) is 5.02 Å². The maximum absolute atomic E-state index is 6.20. The molecule has 0 saturated heterocycles. The molecule has 32 heavy (non-hydrogen) atoms. The highest BCUT2D eigenvalue weighted by Crippen LogP contribution is 2.29. The van der Waals surface area contributed by atoms with Crippen LogP contribution in [-0.2, 0) is 12.4 Å². The van der Waals surface area contributed by atoms with Crippen molar-refractivity contribution < 1.29 is 9.15 Å². The summed E-state index contributed by atoms with van der Waals surface area (Å²) in [5.74, 6) is 9.65. The van der Waals surface area contributed by atoms with Crippen LogP contribution in [0.15, 0.2) is 58.2 Å². The summed E-state index contributed by atoms with van der Waals surface area (Å²) in [6.45, 7) is 6.54. The van der Waals surface area contributed by atoms with Gasteiger partial charge in [0.1, 0.15) is 12.4 Å². The summed E-state index contributed by atoms with van der Waals surface area (Å²) in [4.78, 5) is 4.33. The number of hydrogen-bond donors (Lipinski definition) is 1. The van der Waals surface area contributed by atoms with Gasteiger partial charge in [0.05, 0.1) is 11.9 Å². The van der Waals surface area contributed by atoms with Gasteiger partial charge in [-0.15, -0.1) is 10.2 Å². The van der Waals surface area contributed by atoms with Crippen molar-refractivity contribution in [1.29, 1.82) is 0 Å². The van der Waals surface area contributed by atoms with E-state index in [1.165, 1.54) is 16.4 Å². The van der Waals surface area contributed by atoms with E-state index in [-0.39, 0.29) is 6.61 Å². The normalized spacial score (nSPS) is 11.3. The van der Waals surface area contributed by atoms with Crippen molar-refractivity contribution in [3.8, 4) is 17.1 Å². The van der Waals surface area contributed by atoms with E-state index >= 15 is 0 Å². The first-order valence-corrected chi connectivity index (χ1v) is 11.5. The number of halogens is 1. The third-order valence-corrected chi connectivity index (χ3v) is 6.07. The Morgan fingerprint density at radius 3 is 2.69 bits per heavy atom. The molecule has 4 rings (SSSR count). The molecule has 0 saturated carbocycles. The fraction of sp³-hybridized carbons (Fsp3) is 0.261. The molecule has 0 atom stereocenters. The van der Waals surface area contributed by atoms with E-state index in [2.05, 4.69) is 41.2 Å². The van der Waals surface area contributed by atoms with Crippen LogP contribution in [0.3, 0.4) is 0 Å². The first-order valence-electron chi connectivity index (χ1n) is 10.2. The molecule has 0 spiro atoms. The predicted octanol–water partition coefficient (Wildman–Crippen LogP) is 5.60. The Hall–Kier alpha value is -2.97. The van der Waals surface area contributed by atoms with Crippen LogP contribution in [0.4, 0.5) is 0 Å². The smallest absolute Gasteiger partial charge is 0.210 e. The highest BCUT2D eigenvalue weighted by molar-refractivity contribution is 7.98. The summed E-state index contributed by atoms with van der Waals surface area (Å²) in [6, 6.07) is 13.6. The topological polar surface area (TPSA) is 92.0 Å². The molecule has 0 unspecified atom stereocenters. The Morgan fingerprint density at radius 1 is 1.16 bits per heavy atom. The molecule has 0 fully saturated rings. The van der Waals surface area contributed by atoms with Crippen LogP contribution in [0.1, 0.15) is 42.6 Å². The summed E-state index contributed by atoms with van der Waals surface area (Å²) in [6.07, 6.45) is 1.69. The average molecular weight is 470 g/mol. The molecule has 0 bridgehead atoms. The molecule has 2 heterocycles. The molecule has 4 aromatic rings. The molecule has 9 heteroatoms. The Kier molecular flexibility index (Phi) is 6.72. The van der Waals surface area contributed by atoms with Crippen LogP contribution < -0.4 is 10.6 Å². The van der Waals surface area contributed by atoms with Crippen molar-refractivity contribution >= 4 is 23.4 Å². The van der Waals surface area contributed by atoms with Gasteiger partial charge in [0.15, 0.2) is 11.6 Å². The Labute approximate surface area is 195 Å². The van der Waals surface area contributed by atoms with Crippen molar-refractivity contribution in [2.75, 3.05) is 5.84 Å². The zero-order valence-corrected chi connectivity index (χ0v) is 19.7. The van der Waals surface area contributed by atoms with Gasteiger partial charge in [-0.25, -0.2) is 9.66 Å². The second kappa shape index (κ2) is 9.67. The molecule has 2 N–H and O–H groups in total. The number of benzene rings is 2. The molecule has 2 aromatic carbocycles. The van der Waals surface area contributed by atoms with Gasteiger partial charge < -0.3 is 15.0 Å². The number of oxazole rings is 1. The minimum absolute atomic E-state index is 0.229. The highest BCUT2D eigenvalue weighted by atomic mass is 35.5. The summed E-state index contributed by atoms with van der Waals surface area (Å²) >= 11 is 7.33. The van der Waals surface area contributed by atoms with Gasteiger partial charge >= 0.3 is 0 Å². The number of aryl methyl sites for hydroxylation is 1. The number of nitrogen functional groups attached to an aromatic ring is 1. The zero-order chi connectivity index (χ0) is 22.7. The molecule has 0 aliphatic heterocycles. The molecule has 0 aliphatic rings. The van der Waals surface area contributed by atoms with Crippen molar-refractivity contribution in [1.82, 2.24) is 19.9 Å². The molecule has 166 valence electrons. The van der Waals surface area contributed by atoms with Gasteiger partial charge in [-0.05, 0) is 54.3 Å². The third-order valence-electron chi connectivity index (χ3n) is 4.89. The lowest BCUT2D eigenvalue weighted by molar-refractivity contribution is 0.287. The molecule has 0 amide bonds.